The molecule has 0 aliphatic carbocycles. The van der Waals surface area contributed by atoms with Gasteiger partial charge in [-0.1, -0.05) is 48.0 Å². The predicted molar refractivity (Wildman–Crippen MR) is 84.2 cm³/mol. The van der Waals surface area contributed by atoms with Gasteiger partial charge < -0.3 is 10.0 Å². The van der Waals surface area contributed by atoms with E-state index in [1.807, 2.05) is 61.5 Å². The van der Waals surface area contributed by atoms with E-state index in [0.717, 1.165) is 11.1 Å². The summed E-state index contributed by atoms with van der Waals surface area (Å²) >= 11 is 0. The van der Waals surface area contributed by atoms with E-state index in [4.69, 9.17) is 0 Å². The molecule has 2 aromatic carbocycles. The van der Waals surface area contributed by atoms with Crippen LogP contribution in [0.1, 0.15) is 33.9 Å². The first-order valence-corrected chi connectivity index (χ1v) is 7.13. The molecule has 0 bridgehead atoms. The van der Waals surface area contributed by atoms with E-state index in [2.05, 4.69) is 0 Å². The van der Waals surface area contributed by atoms with E-state index < -0.39 is 0 Å². The number of aliphatic hydroxyl groups is 1. The normalized spacial score (nSPS) is 12.0. The van der Waals surface area contributed by atoms with Gasteiger partial charge in [0, 0.05) is 19.2 Å². The maximum atomic E-state index is 12.6. The van der Waals surface area contributed by atoms with E-state index >= 15 is 0 Å². The van der Waals surface area contributed by atoms with Gasteiger partial charge in [0.1, 0.15) is 0 Å². The van der Waals surface area contributed by atoms with Crippen molar-refractivity contribution in [3.63, 3.8) is 0 Å². The van der Waals surface area contributed by atoms with Crippen molar-refractivity contribution in [3.8, 4) is 0 Å². The number of aryl methyl sites for hydroxylation is 1. The first-order chi connectivity index (χ1) is 10.1. The predicted octanol–water partition coefficient (Wildman–Crippen LogP) is 3.19. The van der Waals surface area contributed by atoms with Crippen LogP contribution in [0.2, 0.25) is 0 Å². The minimum absolute atomic E-state index is 0.0303. The molecule has 0 aliphatic heterocycles. The number of hydrogen-bond acceptors (Lipinski definition) is 2. The van der Waals surface area contributed by atoms with Crippen molar-refractivity contribution in [1.82, 2.24) is 4.90 Å². The third kappa shape index (κ3) is 3.70. The topological polar surface area (TPSA) is 40.5 Å². The summed E-state index contributed by atoms with van der Waals surface area (Å²) in [4.78, 5) is 14.3. The lowest BCUT2D eigenvalue weighted by Crippen LogP contribution is -2.31. The van der Waals surface area contributed by atoms with Gasteiger partial charge in [0.15, 0.2) is 0 Å². The molecule has 0 saturated heterocycles. The molecule has 0 spiro atoms. The Kier molecular flexibility index (Phi) is 5.12. The van der Waals surface area contributed by atoms with E-state index in [1.54, 1.807) is 11.9 Å². The highest BCUT2D eigenvalue weighted by Gasteiger charge is 2.22. The fourth-order valence-electron chi connectivity index (χ4n) is 2.42. The van der Waals surface area contributed by atoms with E-state index in [9.17, 15) is 9.90 Å². The van der Waals surface area contributed by atoms with Gasteiger partial charge in [-0.05, 0) is 31.0 Å². The average molecular weight is 283 g/mol. The maximum absolute atomic E-state index is 12.6. The van der Waals surface area contributed by atoms with Crippen molar-refractivity contribution in [1.29, 1.82) is 0 Å². The standard InChI is InChI=1S/C18H21NO2/c1-14-8-10-16(11-9-14)18(21)19(2)17(12-13-20)15-6-4-3-5-7-15/h3-11,17,20H,12-13H2,1-2H3. The number of carbonyl (C=O) groups excluding carboxylic acids is 1. The number of carbonyl (C=O) groups is 1. The molecule has 3 heteroatoms. The summed E-state index contributed by atoms with van der Waals surface area (Å²) in [5.41, 5.74) is 2.83. The largest absolute Gasteiger partial charge is 0.396 e. The number of nitrogens with zero attached hydrogens (tertiary/aromatic N) is 1. The van der Waals surface area contributed by atoms with E-state index in [-0.39, 0.29) is 18.6 Å². The molecule has 0 radical (unpaired) electrons. The Bertz CT molecular complexity index is 578. The molecule has 0 aromatic heterocycles. The van der Waals surface area contributed by atoms with Gasteiger partial charge in [0.25, 0.3) is 5.91 Å². The second kappa shape index (κ2) is 7.04. The smallest absolute Gasteiger partial charge is 0.254 e. The number of rotatable bonds is 5. The minimum Gasteiger partial charge on any atom is -0.396 e. The quantitative estimate of drug-likeness (QED) is 0.915. The van der Waals surface area contributed by atoms with Gasteiger partial charge >= 0.3 is 0 Å². The summed E-state index contributed by atoms with van der Waals surface area (Å²) < 4.78 is 0. The molecule has 1 atom stereocenters. The van der Waals surface area contributed by atoms with Crippen molar-refractivity contribution in [2.24, 2.45) is 0 Å². The van der Waals surface area contributed by atoms with Crippen LogP contribution in [0.25, 0.3) is 0 Å². The zero-order valence-electron chi connectivity index (χ0n) is 12.5. The maximum Gasteiger partial charge on any atom is 0.254 e. The minimum atomic E-state index is -0.120. The molecule has 0 heterocycles. The summed E-state index contributed by atoms with van der Waals surface area (Å²) in [6, 6.07) is 17.2. The van der Waals surface area contributed by atoms with Gasteiger partial charge in [0.2, 0.25) is 0 Å². The van der Waals surface area contributed by atoms with E-state index in [1.165, 1.54) is 0 Å². The van der Waals surface area contributed by atoms with Crippen molar-refractivity contribution in [3.05, 3.63) is 71.3 Å². The van der Waals surface area contributed by atoms with Crippen molar-refractivity contribution in [2.45, 2.75) is 19.4 Å². The van der Waals surface area contributed by atoms with Crippen LogP contribution >= 0.6 is 0 Å². The van der Waals surface area contributed by atoms with Crippen LogP contribution in [0.3, 0.4) is 0 Å². The number of benzene rings is 2. The molecule has 1 unspecified atom stereocenters. The van der Waals surface area contributed by atoms with Gasteiger partial charge in [-0.2, -0.15) is 0 Å². The van der Waals surface area contributed by atoms with Gasteiger partial charge in [0.05, 0.1) is 6.04 Å². The van der Waals surface area contributed by atoms with Gasteiger partial charge in [-0.25, -0.2) is 0 Å². The van der Waals surface area contributed by atoms with Crippen LogP contribution in [-0.4, -0.2) is 29.6 Å². The summed E-state index contributed by atoms with van der Waals surface area (Å²) in [6.45, 7) is 2.04. The SMILES string of the molecule is Cc1ccc(C(=O)N(C)C(CCO)c2ccccc2)cc1. The Hall–Kier alpha value is -2.13. The molecular weight excluding hydrogens is 262 g/mol. The molecule has 2 aromatic rings. The fourth-order valence-corrected chi connectivity index (χ4v) is 2.42. The zero-order valence-corrected chi connectivity index (χ0v) is 12.5. The van der Waals surface area contributed by atoms with Crippen molar-refractivity contribution >= 4 is 5.91 Å². The second-order valence-corrected chi connectivity index (χ2v) is 5.22. The van der Waals surface area contributed by atoms with Crippen LogP contribution in [0.4, 0.5) is 0 Å². The molecule has 0 saturated carbocycles. The highest BCUT2D eigenvalue weighted by Crippen LogP contribution is 2.24. The Balaban J connectivity index is 2.24. The molecule has 1 N–H and O–H groups in total. The third-order valence-electron chi connectivity index (χ3n) is 3.67. The summed E-state index contributed by atoms with van der Waals surface area (Å²) in [5, 5.41) is 9.30. The molecule has 0 fully saturated rings. The molecular formula is C18H21NO2. The Morgan fingerprint density at radius 3 is 2.29 bits per heavy atom. The van der Waals surface area contributed by atoms with Crippen molar-refractivity contribution < 1.29 is 9.90 Å². The monoisotopic (exact) mass is 283 g/mol. The molecule has 0 aliphatic rings. The summed E-state index contributed by atoms with van der Waals surface area (Å²) in [6.07, 6.45) is 0.526. The lowest BCUT2D eigenvalue weighted by atomic mass is 10.0. The van der Waals surface area contributed by atoms with Gasteiger partial charge in [-0.15, -0.1) is 0 Å². The Morgan fingerprint density at radius 2 is 1.71 bits per heavy atom. The number of hydrogen-bond donors (Lipinski definition) is 1. The Labute approximate surface area is 125 Å². The highest BCUT2D eigenvalue weighted by atomic mass is 16.3. The summed E-state index contributed by atoms with van der Waals surface area (Å²) in [5.74, 6) is -0.0303. The molecule has 3 nitrogen and oxygen atoms in total. The van der Waals surface area contributed by atoms with Crippen LogP contribution in [-0.2, 0) is 0 Å². The molecule has 2 rings (SSSR count). The second-order valence-electron chi connectivity index (χ2n) is 5.22. The third-order valence-corrected chi connectivity index (χ3v) is 3.67. The zero-order chi connectivity index (χ0) is 15.2. The first kappa shape index (κ1) is 15.3. The van der Waals surface area contributed by atoms with Crippen LogP contribution in [0.15, 0.2) is 54.6 Å². The average Bonchev–Trinajstić information content (AvgIpc) is 2.53. The van der Waals surface area contributed by atoms with Crippen molar-refractivity contribution in [2.75, 3.05) is 13.7 Å². The Morgan fingerprint density at radius 1 is 1.10 bits per heavy atom. The number of amides is 1. The summed E-state index contributed by atoms with van der Waals surface area (Å²) in [7, 11) is 1.79. The molecule has 1 amide bonds. The van der Waals surface area contributed by atoms with Crippen LogP contribution < -0.4 is 0 Å². The van der Waals surface area contributed by atoms with Crippen LogP contribution in [0.5, 0.6) is 0 Å². The van der Waals surface area contributed by atoms with E-state index in [0.29, 0.717) is 12.0 Å². The highest BCUT2D eigenvalue weighted by molar-refractivity contribution is 5.94. The molecule has 21 heavy (non-hydrogen) atoms. The lowest BCUT2D eigenvalue weighted by molar-refractivity contribution is 0.0705. The number of aliphatic hydroxyl groups excluding tert-OH is 1. The fraction of sp³-hybridized carbons (Fsp3) is 0.278. The molecule has 110 valence electrons. The lowest BCUT2D eigenvalue weighted by Gasteiger charge is -2.28. The van der Waals surface area contributed by atoms with Crippen LogP contribution in [0, 0.1) is 6.92 Å². The van der Waals surface area contributed by atoms with Gasteiger partial charge in [-0.3, -0.25) is 4.79 Å². The first-order valence-electron chi connectivity index (χ1n) is 7.13.